The van der Waals surface area contributed by atoms with Crippen molar-refractivity contribution < 1.29 is 0 Å². The topological polar surface area (TPSA) is 67.8 Å². The van der Waals surface area contributed by atoms with Crippen LogP contribution in [0, 0.1) is 0 Å². The van der Waals surface area contributed by atoms with Gasteiger partial charge in [0.25, 0.3) is 5.56 Å². The number of hydrogen-bond donors (Lipinski definition) is 1. The quantitative estimate of drug-likeness (QED) is 0.682. The van der Waals surface area contributed by atoms with E-state index in [2.05, 4.69) is 9.97 Å². The molecule has 0 spiro atoms. The fourth-order valence-electron chi connectivity index (χ4n) is 2.18. The molecule has 0 saturated carbocycles. The summed E-state index contributed by atoms with van der Waals surface area (Å²) >= 11 is 1.38. The highest BCUT2D eigenvalue weighted by Crippen LogP contribution is 2.28. The van der Waals surface area contributed by atoms with Gasteiger partial charge in [-0.25, -0.2) is 4.79 Å². The molecule has 0 atom stereocenters. The smallest absolute Gasteiger partial charge is 0.305 e. The fraction of sp³-hybridized carbons (Fsp3) is 0.308. The van der Waals surface area contributed by atoms with Crippen LogP contribution in [0.15, 0.2) is 28.0 Å². The van der Waals surface area contributed by atoms with E-state index in [0.29, 0.717) is 10.2 Å². The summed E-state index contributed by atoms with van der Waals surface area (Å²) in [5, 5.41) is 0.817. The molecule has 0 saturated heterocycles. The molecule has 0 aliphatic rings. The second-order valence-corrected chi connectivity index (χ2v) is 6.47. The minimum atomic E-state index is -0.548. The molecule has 3 heterocycles. The maximum absolute atomic E-state index is 12.5. The summed E-state index contributed by atoms with van der Waals surface area (Å²) in [6.07, 6.45) is 3.35. The summed E-state index contributed by atoms with van der Waals surface area (Å²) in [4.78, 5) is 31.5. The Kier molecular flexibility index (Phi) is 2.40. The van der Waals surface area contributed by atoms with Gasteiger partial charge in [-0.05, 0) is 26.8 Å². The van der Waals surface area contributed by atoms with Gasteiger partial charge < -0.3 is 4.98 Å². The van der Waals surface area contributed by atoms with Crippen molar-refractivity contribution in [2.75, 3.05) is 0 Å². The Balaban J connectivity index is 2.57. The fourth-order valence-corrected chi connectivity index (χ4v) is 3.24. The molecule has 3 aromatic heterocycles. The molecule has 5 nitrogen and oxygen atoms in total. The molecule has 3 rings (SSSR count). The van der Waals surface area contributed by atoms with Gasteiger partial charge in [-0.2, -0.15) is 0 Å². The SMILES string of the molecule is CC(C)(C)n1c(=O)[nH]c2c(sc3ccncc32)c1=O. The van der Waals surface area contributed by atoms with E-state index in [9.17, 15) is 9.59 Å². The lowest BCUT2D eigenvalue weighted by Crippen LogP contribution is -2.44. The summed E-state index contributed by atoms with van der Waals surface area (Å²) in [5.74, 6) is 0. The van der Waals surface area contributed by atoms with E-state index in [-0.39, 0.29) is 11.2 Å². The standard InChI is InChI=1S/C13H13N3O2S/c1-13(2,3)16-11(17)10-9(15-12(16)18)7-6-14-5-4-8(7)19-10/h4-6H,1-3H3,(H,15,18). The van der Waals surface area contributed by atoms with Gasteiger partial charge in [-0.3, -0.25) is 14.3 Å². The van der Waals surface area contributed by atoms with E-state index >= 15 is 0 Å². The molecule has 0 fully saturated rings. The monoisotopic (exact) mass is 275 g/mol. The molecule has 0 aliphatic carbocycles. The van der Waals surface area contributed by atoms with Crippen molar-refractivity contribution in [1.29, 1.82) is 0 Å². The van der Waals surface area contributed by atoms with Gasteiger partial charge in [-0.1, -0.05) is 0 Å². The van der Waals surface area contributed by atoms with Gasteiger partial charge in [0.1, 0.15) is 4.70 Å². The van der Waals surface area contributed by atoms with Crippen LogP contribution >= 0.6 is 11.3 Å². The molecule has 0 unspecified atom stereocenters. The third-order valence-electron chi connectivity index (χ3n) is 2.99. The van der Waals surface area contributed by atoms with Crippen molar-refractivity contribution in [2.45, 2.75) is 26.3 Å². The zero-order chi connectivity index (χ0) is 13.8. The highest BCUT2D eigenvalue weighted by atomic mass is 32.1. The Labute approximate surface area is 112 Å². The van der Waals surface area contributed by atoms with E-state index < -0.39 is 5.54 Å². The molecule has 19 heavy (non-hydrogen) atoms. The normalized spacial score (nSPS) is 12.4. The van der Waals surface area contributed by atoms with Gasteiger partial charge in [0.05, 0.1) is 5.52 Å². The van der Waals surface area contributed by atoms with Crippen LogP contribution in [0.2, 0.25) is 0 Å². The lowest BCUT2D eigenvalue weighted by atomic mass is 10.1. The molecular weight excluding hydrogens is 262 g/mol. The lowest BCUT2D eigenvalue weighted by Gasteiger charge is -2.20. The predicted octanol–water partition coefficient (Wildman–Crippen LogP) is 2.05. The van der Waals surface area contributed by atoms with Gasteiger partial charge in [0.2, 0.25) is 0 Å². The molecule has 0 amide bonds. The van der Waals surface area contributed by atoms with E-state index in [1.807, 2.05) is 26.8 Å². The Hall–Kier alpha value is -1.95. The lowest BCUT2D eigenvalue weighted by molar-refractivity contribution is 0.370. The maximum Gasteiger partial charge on any atom is 0.329 e. The molecule has 0 aliphatic heterocycles. The Bertz CT molecular complexity index is 896. The van der Waals surface area contributed by atoms with Crippen LogP contribution in [-0.2, 0) is 5.54 Å². The highest BCUT2D eigenvalue weighted by Gasteiger charge is 2.21. The molecule has 0 radical (unpaired) electrons. The predicted molar refractivity (Wildman–Crippen MR) is 77.0 cm³/mol. The van der Waals surface area contributed by atoms with Gasteiger partial charge >= 0.3 is 5.69 Å². The Morgan fingerprint density at radius 3 is 2.74 bits per heavy atom. The third kappa shape index (κ3) is 1.71. The van der Waals surface area contributed by atoms with Crippen molar-refractivity contribution in [1.82, 2.24) is 14.5 Å². The van der Waals surface area contributed by atoms with Crippen LogP contribution in [0.4, 0.5) is 0 Å². The van der Waals surface area contributed by atoms with Crippen LogP contribution in [0.5, 0.6) is 0 Å². The molecule has 6 heteroatoms. The van der Waals surface area contributed by atoms with Crippen molar-refractivity contribution in [3.63, 3.8) is 0 Å². The van der Waals surface area contributed by atoms with Crippen molar-refractivity contribution >= 4 is 31.6 Å². The third-order valence-corrected chi connectivity index (χ3v) is 4.15. The first kappa shape index (κ1) is 12.1. The first-order valence-corrected chi connectivity index (χ1v) is 6.73. The van der Waals surface area contributed by atoms with Crippen LogP contribution < -0.4 is 11.2 Å². The molecule has 3 aromatic rings. The van der Waals surface area contributed by atoms with Gasteiger partial charge in [0, 0.05) is 28.0 Å². The van der Waals surface area contributed by atoms with Gasteiger partial charge in [-0.15, -0.1) is 11.3 Å². The number of aromatic amines is 1. The molecular formula is C13H13N3O2S. The first-order chi connectivity index (χ1) is 8.89. The molecule has 0 bridgehead atoms. The van der Waals surface area contributed by atoms with Crippen LogP contribution in [0.25, 0.3) is 20.3 Å². The Morgan fingerprint density at radius 2 is 2.05 bits per heavy atom. The van der Waals surface area contributed by atoms with Crippen LogP contribution in [0.1, 0.15) is 20.8 Å². The second kappa shape index (κ2) is 3.77. The van der Waals surface area contributed by atoms with Crippen LogP contribution in [-0.4, -0.2) is 14.5 Å². The number of H-pyrrole nitrogens is 1. The zero-order valence-corrected chi connectivity index (χ0v) is 11.7. The summed E-state index contributed by atoms with van der Waals surface area (Å²) in [6.45, 7) is 5.51. The van der Waals surface area contributed by atoms with Crippen molar-refractivity contribution in [3.05, 3.63) is 39.3 Å². The minimum Gasteiger partial charge on any atom is -0.305 e. The summed E-state index contributed by atoms with van der Waals surface area (Å²) in [7, 11) is 0. The number of fused-ring (bicyclic) bond motifs is 3. The summed E-state index contributed by atoms with van der Waals surface area (Å²) in [6, 6.07) is 1.85. The number of aromatic nitrogens is 3. The highest BCUT2D eigenvalue weighted by molar-refractivity contribution is 7.25. The molecule has 1 N–H and O–H groups in total. The zero-order valence-electron chi connectivity index (χ0n) is 10.9. The number of nitrogens with one attached hydrogen (secondary N) is 1. The molecule has 0 aromatic carbocycles. The number of pyridine rings is 1. The number of nitrogens with zero attached hydrogens (tertiary/aromatic N) is 2. The maximum atomic E-state index is 12.5. The van der Waals surface area contributed by atoms with E-state index in [0.717, 1.165) is 10.1 Å². The van der Waals surface area contributed by atoms with Crippen molar-refractivity contribution in [3.8, 4) is 0 Å². The van der Waals surface area contributed by atoms with Crippen LogP contribution in [0.3, 0.4) is 0 Å². The summed E-state index contributed by atoms with van der Waals surface area (Å²) in [5.41, 5.74) is -0.586. The molecule has 98 valence electrons. The second-order valence-electron chi connectivity index (χ2n) is 5.42. The van der Waals surface area contributed by atoms with E-state index in [1.54, 1.807) is 12.4 Å². The summed E-state index contributed by atoms with van der Waals surface area (Å²) < 4.78 is 2.78. The average Bonchev–Trinajstić information content (AvgIpc) is 2.67. The van der Waals surface area contributed by atoms with Gasteiger partial charge in [0.15, 0.2) is 0 Å². The minimum absolute atomic E-state index is 0.243. The Morgan fingerprint density at radius 1 is 1.32 bits per heavy atom. The number of rotatable bonds is 0. The average molecular weight is 275 g/mol. The first-order valence-electron chi connectivity index (χ1n) is 5.91. The van der Waals surface area contributed by atoms with E-state index in [4.69, 9.17) is 0 Å². The largest absolute Gasteiger partial charge is 0.329 e. The number of thiophene rings is 1. The van der Waals surface area contributed by atoms with Crippen molar-refractivity contribution in [2.24, 2.45) is 0 Å². The number of hydrogen-bond acceptors (Lipinski definition) is 4. The van der Waals surface area contributed by atoms with E-state index in [1.165, 1.54) is 15.9 Å².